The second-order valence-corrected chi connectivity index (χ2v) is 7.96. The summed E-state index contributed by atoms with van der Waals surface area (Å²) >= 11 is 17.7. The normalized spacial score (nSPS) is 15.4. The first-order valence-electron chi connectivity index (χ1n) is 8.93. The third kappa shape index (κ3) is 5.19. The molecule has 1 fully saturated rings. The minimum Gasteiger partial charge on any atom is -0.339 e. The highest BCUT2D eigenvalue weighted by Gasteiger charge is 2.30. The van der Waals surface area contributed by atoms with Crippen LogP contribution < -0.4 is 0 Å². The molecule has 30 heavy (non-hydrogen) atoms. The number of nitrogens with zero attached hydrogens (tertiary/aromatic N) is 4. The van der Waals surface area contributed by atoms with E-state index in [2.05, 4.69) is 10.00 Å². The molecule has 0 N–H and O–H groups in total. The lowest BCUT2D eigenvalue weighted by atomic mass is 10.2. The van der Waals surface area contributed by atoms with Gasteiger partial charge in [-0.25, -0.2) is 17.6 Å². The summed E-state index contributed by atoms with van der Waals surface area (Å²) in [5.41, 5.74) is -0.936. The van der Waals surface area contributed by atoms with Gasteiger partial charge in [-0.3, -0.25) is 14.4 Å². The zero-order valence-electron chi connectivity index (χ0n) is 15.5. The molecule has 0 aliphatic carbocycles. The predicted molar refractivity (Wildman–Crippen MR) is 105 cm³/mol. The largest absolute Gasteiger partial charge is 0.339 e. The van der Waals surface area contributed by atoms with Crippen LogP contribution in [0.4, 0.5) is 17.6 Å². The van der Waals surface area contributed by atoms with Gasteiger partial charge in [0.25, 0.3) is 12.9 Å². The molecule has 1 aromatic carbocycles. The van der Waals surface area contributed by atoms with Crippen LogP contribution in [0.2, 0.25) is 15.1 Å². The molecule has 164 valence electrons. The minimum absolute atomic E-state index is 0.352. The highest BCUT2D eigenvalue weighted by molar-refractivity contribution is 6.35. The van der Waals surface area contributed by atoms with Crippen molar-refractivity contribution >= 4 is 40.7 Å². The fourth-order valence-corrected chi connectivity index (χ4v) is 3.98. The number of rotatable bonds is 6. The van der Waals surface area contributed by atoms with Crippen molar-refractivity contribution in [2.75, 3.05) is 26.2 Å². The van der Waals surface area contributed by atoms with Crippen molar-refractivity contribution in [3.63, 3.8) is 0 Å². The number of halogens is 7. The van der Waals surface area contributed by atoms with Gasteiger partial charge in [-0.1, -0.05) is 40.9 Å². The Morgan fingerprint density at radius 2 is 1.70 bits per heavy atom. The number of carbonyl (C=O) groups excluding carboxylic acids is 1. The molecule has 12 heteroatoms. The molecule has 1 amide bonds. The van der Waals surface area contributed by atoms with Crippen LogP contribution in [0.5, 0.6) is 0 Å². The van der Waals surface area contributed by atoms with E-state index >= 15 is 0 Å². The van der Waals surface area contributed by atoms with Crippen molar-refractivity contribution in [3.05, 3.63) is 50.2 Å². The molecule has 5 nitrogen and oxygen atoms in total. The van der Waals surface area contributed by atoms with Gasteiger partial charge in [0.15, 0.2) is 0 Å². The van der Waals surface area contributed by atoms with E-state index in [0.717, 1.165) is 5.56 Å². The maximum Gasteiger partial charge on any atom is 0.283 e. The topological polar surface area (TPSA) is 41.4 Å². The Kier molecular flexibility index (Phi) is 7.49. The Hall–Kier alpha value is -1.55. The summed E-state index contributed by atoms with van der Waals surface area (Å²) in [6.07, 6.45) is -6.25. The predicted octanol–water partition coefficient (Wildman–Crippen LogP) is 5.06. The summed E-state index contributed by atoms with van der Waals surface area (Å²) in [7, 11) is 0. The molecule has 0 saturated carbocycles. The first-order valence-corrected chi connectivity index (χ1v) is 10.1. The van der Waals surface area contributed by atoms with Gasteiger partial charge in [-0.15, -0.1) is 0 Å². The zero-order chi connectivity index (χ0) is 22.0. The Labute approximate surface area is 185 Å². The molecular weight excluding hydrogens is 471 g/mol. The van der Waals surface area contributed by atoms with Crippen molar-refractivity contribution in [2.24, 2.45) is 0 Å². The summed E-state index contributed by atoms with van der Waals surface area (Å²) in [5.74, 6) is -0.499. The van der Waals surface area contributed by atoms with Crippen molar-refractivity contribution in [3.8, 4) is 0 Å². The fourth-order valence-electron chi connectivity index (χ4n) is 3.22. The third-order valence-corrected chi connectivity index (χ3v) is 5.76. The molecule has 0 spiro atoms. The van der Waals surface area contributed by atoms with E-state index in [0.29, 0.717) is 47.5 Å². The van der Waals surface area contributed by atoms with E-state index in [4.69, 9.17) is 34.8 Å². The lowest BCUT2D eigenvalue weighted by Crippen LogP contribution is -2.49. The van der Waals surface area contributed by atoms with Gasteiger partial charge in [0, 0.05) is 42.8 Å². The average molecular weight is 488 g/mol. The molecule has 0 bridgehead atoms. The number of hydrogen-bond donors (Lipinski definition) is 0. The van der Waals surface area contributed by atoms with E-state index < -0.39 is 41.7 Å². The Balaban J connectivity index is 1.61. The van der Waals surface area contributed by atoms with Gasteiger partial charge in [0.1, 0.15) is 17.9 Å². The molecule has 1 aliphatic rings. The monoisotopic (exact) mass is 486 g/mol. The van der Waals surface area contributed by atoms with E-state index in [9.17, 15) is 22.4 Å². The van der Waals surface area contributed by atoms with Crippen molar-refractivity contribution < 1.29 is 22.4 Å². The number of piperazine rings is 1. The molecule has 1 aromatic heterocycles. The van der Waals surface area contributed by atoms with Crippen LogP contribution in [-0.4, -0.2) is 51.7 Å². The van der Waals surface area contributed by atoms with Crippen LogP contribution in [0.25, 0.3) is 0 Å². The highest BCUT2D eigenvalue weighted by atomic mass is 35.5. The van der Waals surface area contributed by atoms with Crippen LogP contribution >= 0.6 is 34.8 Å². The number of aromatic nitrogens is 2. The minimum atomic E-state index is -3.13. The first-order chi connectivity index (χ1) is 14.2. The van der Waals surface area contributed by atoms with Crippen LogP contribution in [0.1, 0.15) is 29.8 Å². The van der Waals surface area contributed by atoms with Crippen molar-refractivity contribution in [1.29, 1.82) is 0 Å². The number of amides is 1. The Morgan fingerprint density at radius 3 is 2.27 bits per heavy atom. The van der Waals surface area contributed by atoms with Gasteiger partial charge in [-0.2, -0.15) is 5.10 Å². The first kappa shape index (κ1) is 23.1. The van der Waals surface area contributed by atoms with Gasteiger partial charge >= 0.3 is 0 Å². The fraction of sp³-hybridized carbons (Fsp3) is 0.444. The number of benzene rings is 1. The molecule has 0 radical (unpaired) electrons. The number of carbonyl (C=O) groups is 1. The standard InChI is InChI=1S/C18H17Cl3F4N4O/c19-11-2-1-10(12(20)7-11)8-27-3-5-28(6-4-27)13(30)9-29-16(18(24)25)14(21)15(26-29)17(22)23/h1-2,7,17-18H,3-6,8-9H2. The van der Waals surface area contributed by atoms with Crippen molar-refractivity contribution in [1.82, 2.24) is 19.6 Å². The van der Waals surface area contributed by atoms with E-state index in [1.54, 1.807) is 12.1 Å². The Bertz CT molecular complexity index is 917. The summed E-state index contributed by atoms with van der Waals surface area (Å²) in [4.78, 5) is 16.1. The molecule has 3 rings (SSSR count). The summed E-state index contributed by atoms with van der Waals surface area (Å²) in [6.45, 7) is 1.76. The Morgan fingerprint density at radius 1 is 1.03 bits per heavy atom. The van der Waals surface area contributed by atoms with Crippen LogP contribution in [-0.2, 0) is 17.9 Å². The number of hydrogen-bond acceptors (Lipinski definition) is 3. The van der Waals surface area contributed by atoms with Crippen LogP contribution in [0.3, 0.4) is 0 Å². The second kappa shape index (κ2) is 9.72. The highest BCUT2D eigenvalue weighted by Crippen LogP contribution is 2.34. The van der Waals surface area contributed by atoms with Gasteiger partial charge in [0.05, 0.1) is 5.02 Å². The van der Waals surface area contributed by atoms with Gasteiger partial charge < -0.3 is 4.90 Å². The molecule has 1 saturated heterocycles. The quantitative estimate of drug-likeness (QED) is 0.535. The molecule has 0 unspecified atom stereocenters. The molecule has 2 heterocycles. The zero-order valence-corrected chi connectivity index (χ0v) is 17.7. The van der Waals surface area contributed by atoms with Crippen molar-refractivity contribution in [2.45, 2.75) is 25.9 Å². The van der Waals surface area contributed by atoms with Gasteiger partial charge in [0.2, 0.25) is 5.91 Å². The molecular formula is C18H17Cl3F4N4O. The average Bonchev–Trinajstić information content (AvgIpc) is 3.01. The third-order valence-electron chi connectivity index (χ3n) is 4.79. The smallest absolute Gasteiger partial charge is 0.283 e. The van der Waals surface area contributed by atoms with E-state index in [1.165, 1.54) is 4.90 Å². The van der Waals surface area contributed by atoms with Gasteiger partial charge in [-0.05, 0) is 17.7 Å². The molecule has 1 aliphatic heterocycles. The molecule has 0 atom stereocenters. The summed E-state index contributed by atoms with van der Waals surface area (Å²) < 4.78 is 52.9. The molecule has 2 aromatic rings. The SMILES string of the molecule is O=C(Cn1nc(C(F)F)c(Cl)c1C(F)F)N1CCN(Cc2ccc(Cl)cc2Cl)CC1. The second-order valence-electron chi connectivity index (χ2n) is 6.74. The van der Waals surface area contributed by atoms with Crippen LogP contribution in [0.15, 0.2) is 18.2 Å². The lowest BCUT2D eigenvalue weighted by molar-refractivity contribution is -0.134. The summed E-state index contributed by atoms with van der Waals surface area (Å²) in [6, 6.07) is 5.23. The van der Waals surface area contributed by atoms with E-state index in [-0.39, 0.29) is 0 Å². The summed E-state index contributed by atoms with van der Waals surface area (Å²) in [5, 5.41) is 3.70. The maximum absolute atomic E-state index is 13.2. The lowest BCUT2D eigenvalue weighted by Gasteiger charge is -2.35. The number of alkyl halides is 4. The van der Waals surface area contributed by atoms with Crippen LogP contribution in [0, 0.1) is 0 Å². The maximum atomic E-state index is 13.2. The van der Waals surface area contributed by atoms with E-state index in [1.807, 2.05) is 6.07 Å².